The van der Waals surface area contributed by atoms with Gasteiger partial charge in [-0.25, -0.2) is 8.42 Å². The lowest BCUT2D eigenvalue weighted by Crippen LogP contribution is -2.46. The molecule has 2 unspecified atom stereocenters. The second-order valence-corrected chi connectivity index (χ2v) is 10.8. The molecule has 1 aliphatic rings. The van der Waals surface area contributed by atoms with Gasteiger partial charge in [0.15, 0.2) is 0 Å². The maximum atomic E-state index is 13.6. The van der Waals surface area contributed by atoms with Crippen LogP contribution in [0.15, 0.2) is 77.8 Å². The maximum Gasteiger partial charge on any atom is 0.417 e. The Morgan fingerprint density at radius 1 is 1.06 bits per heavy atom. The molecule has 0 radical (unpaired) electrons. The fourth-order valence-electron chi connectivity index (χ4n) is 4.22. The van der Waals surface area contributed by atoms with E-state index in [1.165, 1.54) is 16.4 Å². The first-order chi connectivity index (χ1) is 17.1. The lowest BCUT2D eigenvalue weighted by Gasteiger charge is -2.38. The van der Waals surface area contributed by atoms with Crippen molar-refractivity contribution in [3.05, 3.63) is 94.8 Å². The Bertz CT molecular complexity index is 1320. The minimum Gasteiger partial charge on any atom is -0.350 e. The molecule has 1 fully saturated rings. The number of benzene rings is 2. The van der Waals surface area contributed by atoms with E-state index in [9.17, 15) is 26.4 Å². The van der Waals surface area contributed by atoms with Crippen LogP contribution in [0.5, 0.6) is 0 Å². The third kappa shape index (κ3) is 5.71. The summed E-state index contributed by atoms with van der Waals surface area (Å²) in [5.41, 5.74) is -0.0649. The van der Waals surface area contributed by atoms with Gasteiger partial charge in [0.2, 0.25) is 15.9 Å². The Labute approximate surface area is 212 Å². The number of halogens is 4. The average molecular weight is 538 g/mol. The largest absolute Gasteiger partial charge is 0.417 e. The summed E-state index contributed by atoms with van der Waals surface area (Å²) in [4.78, 5) is 16.8. The number of carbonyl (C=O) groups excluding carboxylic acids is 1. The Balaban J connectivity index is 1.52. The van der Waals surface area contributed by atoms with Gasteiger partial charge in [-0.1, -0.05) is 60.1 Å². The van der Waals surface area contributed by atoms with Crippen LogP contribution in [0, 0.1) is 5.92 Å². The van der Waals surface area contributed by atoms with Crippen LogP contribution >= 0.6 is 11.6 Å². The molecule has 0 aliphatic carbocycles. The van der Waals surface area contributed by atoms with Crippen molar-refractivity contribution in [1.29, 1.82) is 0 Å². The summed E-state index contributed by atoms with van der Waals surface area (Å²) < 4.78 is 67.0. The molecule has 2 aromatic carbocycles. The van der Waals surface area contributed by atoms with Crippen LogP contribution in [0.2, 0.25) is 5.02 Å². The molecule has 2 atom stereocenters. The zero-order valence-electron chi connectivity index (χ0n) is 19.0. The van der Waals surface area contributed by atoms with E-state index in [0.29, 0.717) is 19.0 Å². The van der Waals surface area contributed by atoms with E-state index in [4.69, 9.17) is 11.6 Å². The molecule has 190 valence electrons. The predicted molar refractivity (Wildman–Crippen MR) is 128 cm³/mol. The summed E-state index contributed by atoms with van der Waals surface area (Å²) in [6.07, 6.45) is -3.07. The predicted octanol–water partition coefficient (Wildman–Crippen LogP) is 5.21. The second kappa shape index (κ2) is 10.6. The van der Waals surface area contributed by atoms with E-state index < -0.39 is 39.6 Å². The lowest BCUT2D eigenvalue weighted by atomic mass is 9.90. The van der Waals surface area contributed by atoms with Gasteiger partial charge in [0.05, 0.1) is 39.7 Å². The number of nitrogens with one attached hydrogen (secondary N) is 1. The van der Waals surface area contributed by atoms with Gasteiger partial charge in [-0.05, 0) is 36.6 Å². The standard InChI is InChI=1S/C25H23ClF3N3O3S/c26-21-13-19(25(27,28)29)14-30-22(21)15-31-24(33)18-11-12-23(17-7-3-1-4-8-17)32(16-18)36(34,35)20-9-5-2-6-10-20/h1-10,13-14,18,23H,11-12,15-16H2,(H,31,33). The van der Waals surface area contributed by atoms with Gasteiger partial charge in [0, 0.05) is 12.7 Å². The number of alkyl halides is 3. The van der Waals surface area contributed by atoms with E-state index in [1.54, 1.807) is 18.2 Å². The Kier molecular flexibility index (Phi) is 7.67. The summed E-state index contributed by atoms with van der Waals surface area (Å²) in [6, 6.07) is 17.6. The molecule has 1 aromatic heterocycles. The quantitative estimate of drug-likeness (QED) is 0.468. The molecule has 2 heterocycles. The van der Waals surface area contributed by atoms with Crippen molar-refractivity contribution in [2.75, 3.05) is 6.54 Å². The fourth-order valence-corrected chi connectivity index (χ4v) is 6.16. The lowest BCUT2D eigenvalue weighted by molar-refractivity contribution is -0.137. The van der Waals surface area contributed by atoms with Crippen molar-refractivity contribution in [2.45, 2.75) is 36.5 Å². The van der Waals surface area contributed by atoms with Gasteiger partial charge in [0.1, 0.15) is 0 Å². The number of pyridine rings is 1. The van der Waals surface area contributed by atoms with E-state index >= 15 is 0 Å². The smallest absolute Gasteiger partial charge is 0.350 e. The van der Waals surface area contributed by atoms with Crippen LogP contribution in [0.1, 0.15) is 35.7 Å². The molecule has 36 heavy (non-hydrogen) atoms. The zero-order valence-corrected chi connectivity index (χ0v) is 20.5. The molecule has 3 aromatic rings. The van der Waals surface area contributed by atoms with Crippen LogP contribution in [-0.2, 0) is 27.5 Å². The molecular formula is C25H23ClF3N3O3S. The van der Waals surface area contributed by atoms with Crippen LogP contribution in [0.3, 0.4) is 0 Å². The topological polar surface area (TPSA) is 79.4 Å². The van der Waals surface area contributed by atoms with Crippen molar-refractivity contribution in [1.82, 2.24) is 14.6 Å². The number of hydrogen-bond donors (Lipinski definition) is 1. The number of rotatable bonds is 6. The average Bonchev–Trinajstić information content (AvgIpc) is 2.88. The second-order valence-electron chi connectivity index (χ2n) is 8.46. The van der Waals surface area contributed by atoms with Gasteiger partial charge in [-0.2, -0.15) is 17.5 Å². The van der Waals surface area contributed by atoms with Crippen LogP contribution < -0.4 is 5.32 Å². The monoisotopic (exact) mass is 537 g/mol. The molecule has 1 saturated heterocycles. The van der Waals surface area contributed by atoms with Crippen LogP contribution in [0.25, 0.3) is 0 Å². The van der Waals surface area contributed by atoms with Crippen molar-refractivity contribution < 1.29 is 26.4 Å². The van der Waals surface area contributed by atoms with Crippen molar-refractivity contribution in [3.63, 3.8) is 0 Å². The minimum atomic E-state index is -4.58. The highest BCUT2D eigenvalue weighted by atomic mass is 35.5. The summed E-state index contributed by atoms with van der Waals surface area (Å²) in [5.74, 6) is -1.08. The van der Waals surface area contributed by atoms with Gasteiger partial charge < -0.3 is 5.32 Å². The van der Waals surface area contributed by atoms with Crippen molar-refractivity contribution in [2.24, 2.45) is 5.92 Å². The molecule has 6 nitrogen and oxygen atoms in total. The fraction of sp³-hybridized carbons (Fsp3) is 0.280. The van der Waals surface area contributed by atoms with E-state index in [1.807, 2.05) is 30.3 Å². The van der Waals surface area contributed by atoms with Gasteiger partial charge in [-0.15, -0.1) is 0 Å². The van der Waals surface area contributed by atoms with Gasteiger partial charge in [0.25, 0.3) is 0 Å². The molecule has 1 aliphatic heterocycles. The first kappa shape index (κ1) is 26.1. The normalized spacial score (nSPS) is 19.1. The SMILES string of the molecule is O=C(NCc1ncc(C(F)(F)F)cc1Cl)C1CCC(c2ccccc2)N(S(=O)(=O)c2ccccc2)C1. The van der Waals surface area contributed by atoms with Gasteiger partial charge >= 0.3 is 6.18 Å². The number of amides is 1. The maximum absolute atomic E-state index is 13.6. The van der Waals surface area contributed by atoms with Crippen molar-refractivity contribution in [3.8, 4) is 0 Å². The minimum absolute atomic E-state index is 0.0448. The Morgan fingerprint density at radius 2 is 1.69 bits per heavy atom. The molecule has 11 heteroatoms. The molecule has 1 amide bonds. The Hall–Kier alpha value is -2.95. The first-order valence-electron chi connectivity index (χ1n) is 11.2. The first-order valence-corrected chi connectivity index (χ1v) is 13.0. The Morgan fingerprint density at radius 3 is 2.31 bits per heavy atom. The van der Waals surface area contributed by atoms with Gasteiger partial charge in [-0.3, -0.25) is 9.78 Å². The number of nitrogens with zero attached hydrogens (tertiary/aromatic N) is 2. The number of aromatic nitrogens is 1. The summed E-state index contributed by atoms with van der Waals surface area (Å²) >= 11 is 5.94. The summed E-state index contributed by atoms with van der Waals surface area (Å²) in [6.45, 7) is -0.226. The van der Waals surface area contributed by atoms with Crippen LogP contribution in [-0.4, -0.2) is 30.2 Å². The third-order valence-electron chi connectivity index (χ3n) is 6.12. The highest BCUT2D eigenvalue weighted by molar-refractivity contribution is 7.89. The number of hydrogen-bond acceptors (Lipinski definition) is 4. The highest BCUT2D eigenvalue weighted by Gasteiger charge is 2.40. The van der Waals surface area contributed by atoms with E-state index in [-0.39, 0.29) is 28.7 Å². The molecular weight excluding hydrogens is 515 g/mol. The van der Waals surface area contributed by atoms with E-state index in [0.717, 1.165) is 11.6 Å². The molecule has 4 rings (SSSR count). The number of sulfonamides is 1. The summed E-state index contributed by atoms with van der Waals surface area (Å²) in [7, 11) is -3.91. The molecule has 0 spiro atoms. The molecule has 0 saturated carbocycles. The highest BCUT2D eigenvalue weighted by Crippen LogP contribution is 2.37. The number of piperidine rings is 1. The molecule has 1 N–H and O–H groups in total. The summed E-state index contributed by atoms with van der Waals surface area (Å²) in [5, 5.41) is 2.43. The van der Waals surface area contributed by atoms with Crippen LogP contribution in [0.4, 0.5) is 13.2 Å². The van der Waals surface area contributed by atoms with E-state index in [2.05, 4.69) is 10.3 Å². The molecule has 0 bridgehead atoms. The number of carbonyl (C=O) groups is 1. The zero-order chi connectivity index (χ0) is 25.9. The van der Waals surface area contributed by atoms with Crippen molar-refractivity contribution >= 4 is 27.5 Å². The third-order valence-corrected chi connectivity index (χ3v) is 8.33.